The summed E-state index contributed by atoms with van der Waals surface area (Å²) in [6, 6.07) is 9.12. The number of amides is 1. The summed E-state index contributed by atoms with van der Waals surface area (Å²) < 4.78 is 5.41. The molecule has 1 aromatic rings. The highest BCUT2D eigenvalue weighted by Gasteiger charge is 2.38. The van der Waals surface area contributed by atoms with Gasteiger partial charge < -0.3 is 20.6 Å². The third kappa shape index (κ3) is 7.09. The molecule has 0 spiro atoms. The molecule has 0 unspecified atom stereocenters. The fourth-order valence-corrected chi connectivity index (χ4v) is 3.29. The van der Waals surface area contributed by atoms with Gasteiger partial charge in [-0.05, 0) is 57.3 Å². The van der Waals surface area contributed by atoms with Gasteiger partial charge in [-0.3, -0.25) is 0 Å². The van der Waals surface area contributed by atoms with E-state index < -0.39 is 20.0 Å². The van der Waals surface area contributed by atoms with E-state index in [-0.39, 0.29) is 17.1 Å². The van der Waals surface area contributed by atoms with Crippen molar-refractivity contribution in [3.8, 4) is 0 Å². The van der Waals surface area contributed by atoms with Crippen molar-refractivity contribution in [3.05, 3.63) is 35.9 Å². The van der Waals surface area contributed by atoms with Gasteiger partial charge >= 0.3 is 6.09 Å². The van der Waals surface area contributed by atoms with E-state index in [9.17, 15) is 9.59 Å². The maximum absolute atomic E-state index is 12.3. The maximum Gasteiger partial charge on any atom is 0.407 e. The van der Waals surface area contributed by atoms with E-state index in [2.05, 4.69) is 19.2 Å². The Morgan fingerprint density at radius 3 is 2.19 bits per heavy atom. The van der Waals surface area contributed by atoms with Crippen molar-refractivity contribution < 1.29 is 14.3 Å². The maximum atomic E-state index is 12.3. The Labute approximate surface area is 159 Å². The summed E-state index contributed by atoms with van der Waals surface area (Å²) in [5.74, 6) is 0. The topological polar surface area (TPSA) is 84.6 Å². The molecule has 0 aliphatic carbocycles. The second-order valence-electron chi connectivity index (χ2n) is 9.17. The van der Waals surface area contributed by atoms with Crippen LogP contribution in [-0.2, 0) is 4.74 Å². The van der Waals surface area contributed by atoms with Crippen molar-refractivity contribution in [2.45, 2.75) is 83.3 Å². The summed E-state index contributed by atoms with van der Waals surface area (Å²) >= 11 is 0. The zero-order chi connectivity index (χ0) is 20.2. The van der Waals surface area contributed by atoms with Gasteiger partial charge in [0, 0.05) is 0 Å². The van der Waals surface area contributed by atoms with Crippen LogP contribution >= 0.6 is 0 Å². The molecule has 0 aromatic heterocycles. The van der Waals surface area contributed by atoms with Crippen molar-refractivity contribution in [3.63, 3.8) is 0 Å². The smallest absolute Gasteiger partial charge is 0.407 e. The van der Waals surface area contributed by atoms with Gasteiger partial charge in [-0.2, -0.15) is 0 Å². The van der Waals surface area contributed by atoms with Crippen LogP contribution in [0.25, 0.3) is 0 Å². The Hall–Kier alpha value is -1.37. The lowest BCUT2D eigenvalue weighted by atomic mass is 9.93. The van der Waals surface area contributed by atoms with E-state index in [1.54, 1.807) is 0 Å². The molecule has 0 aliphatic rings. The van der Waals surface area contributed by atoms with E-state index in [1.807, 2.05) is 64.2 Å². The lowest BCUT2D eigenvalue weighted by Gasteiger charge is -2.37. The summed E-state index contributed by atoms with van der Waals surface area (Å²) in [6.07, 6.45) is 0.968. The molecule has 0 fully saturated rings. The molecule has 5 nitrogen and oxygen atoms in total. The standard InChI is InChI=1S/C20H36N2O3Si/c1-19(2,3)25-18(23)22-16(13-14-20(4,5)26(6,7)24)17(21)15-11-9-8-10-12-15/h8-12,16-17,24H,13-14,21H2,1-7H3,(H,22,23)/t16-,17+/m1/s1. The Morgan fingerprint density at radius 1 is 1.19 bits per heavy atom. The zero-order valence-corrected chi connectivity index (χ0v) is 18.3. The lowest BCUT2D eigenvalue weighted by Crippen LogP contribution is -2.46. The molecule has 26 heavy (non-hydrogen) atoms. The first-order valence-electron chi connectivity index (χ1n) is 9.25. The van der Waals surface area contributed by atoms with Crippen molar-refractivity contribution >= 4 is 14.4 Å². The average Bonchev–Trinajstić information content (AvgIpc) is 2.48. The number of nitrogens with one attached hydrogen (secondary N) is 1. The summed E-state index contributed by atoms with van der Waals surface area (Å²) in [4.78, 5) is 22.8. The van der Waals surface area contributed by atoms with Crippen LogP contribution in [0.2, 0.25) is 18.1 Å². The number of alkyl carbamates (subject to hydrolysis) is 1. The second kappa shape index (κ2) is 8.54. The molecule has 1 amide bonds. The molecule has 0 saturated heterocycles. The fourth-order valence-electron chi connectivity index (χ4n) is 2.53. The number of hydrogen-bond acceptors (Lipinski definition) is 4. The zero-order valence-electron chi connectivity index (χ0n) is 17.3. The minimum atomic E-state index is -2.33. The molecule has 0 aliphatic heterocycles. The molecular weight excluding hydrogens is 344 g/mol. The summed E-state index contributed by atoms with van der Waals surface area (Å²) in [7, 11) is -2.33. The SMILES string of the molecule is CC(C)(C)OC(=O)N[C@H](CCC(C)(C)[Si](C)(C)O)[C@@H](N)c1ccccc1. The Balaban J connectivity index is 2.93. The number of rotatable bonds is 7. The van der Waals surface area contributed by atoms with E-state index in [4.69, 9.17) is 10.5 Å². The Kier molecular flexibility index (Phi) is 7.45. The van der Waals surface area contributed by atoms with Gasteiger partial charge in [0.05, 0.1) is 12.1 Å². The normalized spacial score (nSPS) is 15.3. The number of ether oxygens (including phenoxy) is 1. The van der Waals surface area contributed by atoms with Gasteiger partial charge in [-0.15, -0.1) is 0 Å². The van der Waals surface area contributed by atoms with Gasteiger partial charge in [0.25, 0.3) is 0 Å². The van der Waals surface area contributed by atoms with Crippen LogP contribution in [0, 0.1) is 0 Å². The van der Waals surface area contributed by atoms with Crippen LogP contribution in [-0.4, -0.2) is 30.8 Å². The fraction of sp³-hybridized carbons (Fsp3) is 0.650. The van der Waals surface area contributed by atoms with E-state index >= 15 is 0 Å². The second-order valence-corrected chi connectivity index (χ2v) is 13.6. The van der Waals surface area contributed by atoms with Gasteiger partial charge in [0.15, 0.2) is 8.32 Å². The highest BCUT2D eigenvalue weighted by atomic mass is 28.4. The van der Waals surface area contributed by atoms with Crippen molar-refractivity contribution in [2.24, 2.45) is 5.73 Å². The third-order valence-electron chi connectivity index (χ3n) is 5.06. The third-order valence-corrected chi connectivity index (χ3v) is 8.62. The molecule has 6 heteroatoms. The van der Waals surface area contributed by atoms with Gasteiger partial charge in [-0.25, -0.2) is 4.79 Å². The molecule has 1 aromatic carbocycles. The predicted octanol–water partition coefficient (Wildman–Crippen LogP) is 4.34. The van der Waals surface area contributed by atoms with Gasteiger partial charge in [0.1, 0.15) is 5.60 Å². The molecule has 148 valence electrons. The first kappa shape index (κ1) is 22.7. The highest BCUT2D eigenvalue weighted by molar-refractivity contribution is 6.72. The Bertz CT molecular complexity index is 577. The Morgan fingerprint density at radius 2 is 1.73 bits per heavy atom. The molecule has 0 bridgehead atoms. The van der Waals surface area contributed by atoms with Crippen molar-refractivity contribution in [1.82, 2.24) is 5.32 Å². The van der Waals surface area contributed by atoms with E-state index in [1.165, 1.54) is 0 Å². The first-order valence-corrected chi connectivity index (χ1v) is 12.2. The largest absolute Gasteiger partial charge is 0.444 e. The van der Waals surface area contributed by atoms with Crippen LogP contribution in [0.5, 0.6) is 0 Å². The minimum Gasteiger partial charge on any atom is -0.444 e. The molecule has 4 N–H and O–H groups in total. The monoisotopic (exact) mass is 380 g/mol. The molecular formula is C20H36N2O3Si. The molecule has 2 atom stereocenters. The molecule has 1 rings (SSSR count). The number of hydrogen-bond donors (Lipinski definition) is 3. The average molecular weight is 381 g/mol. The van der Waals surface area contributed by atoms with Crippen molar-refractivity contribution in [2.75, 3.05) is 0 Å². The van der Waals surface area contributed by atoms with Gasteiger partial charge in [0.2, 0.25) is 0 Å². The van der Waals surface area contributed by atoms with E-state index in [0.29, 0.717) is 6.42 Å². The summed E-state index contributed by atoms with van der Waals surface area (Å²) in [5, 5.41) is 2.76. The first-order chi connectivity index (χ1) is 11.7. The number of benzene rings is 1. The molecule has 0 saturated carbocycles. The van der Waals surface area contributed by atoms with Crippen LogP contribution in [0.1, 0.15) is 59.1 Å². The summed E-state index contributed by atoms with van der Waals surface area (Å²) in [5.41, 5.74) is 6.87. The van der Waals surface area contributed by atoms with Crippen molar-refractivity contribution in [1.29, 1.82) is 0 Å². The van der Waals surface area contributed by atoms with Crippen LogP contribution in [0.3, 0.4) is 0 Å². The van der Waals surface area contributed by atoms with Gasteiger partial charge in [-0.1, -0.05) is 44.2 Å². The number of carbonyl (C=O) groups excluding carboxylic acids is 1. The minimum absolute atomic E-state index is 0.183. The summed E-state index contributed by atoms with van der Waals surface area (Å²) in [6.45, 7) is 13.6. The molecule has 0 radical (unpaired) electrons. The predicted molar refractivity (Wildman–Crippen MR) is 110 cm³/mol. The quantitative estimate of drug-likeness (QED) is 0.614. The van der Waals surface area contributed by atoms with Crippen LogP contribution in [0.4, 0.5) is 4.79 Å². The van der Waals surface area contributed by atoms with E-state index in [0.717, 1.165) is 12.0 Å². The number of nitrogens with two attached hydrogens (primary N) is 1. The van der Waals surface area contributed by atoms with Crippen LogP contribution < -0.4 is 11.1 Å². The molecule has 0 heterocycles. The lowest BCUT2D eigenvalue weighted by molar-refractivity contribution is 0.0492. The highest BCUT2D eigenvalue weighted by Crippen LogP contribution is 2.40. The van der Waals surface area contributed by atoms with Crippen LogP contribution in [0.15, 0.2) is 30.3 Å². The number of carbonyl (C=O) groups is 1.